The lowest BCUT2D eigenvalue weighted by molar-refractivity contribution is 0.0695. The van der Waals surface area contributed by atoms with Crippen LogP contribution in [-0.4, -0.2) is 70.2 Å². The topological polar surface area (TPSA) is 105 Å². The Labute approximate surface area is 176 Å². The summed E-state index contributed by atoms with van der Waals surface area (Å²) in [5, 5.41) is 9.90. The van der Waals surface area contributed by atoms with E-state index >= 15 is 0 Å². The summed E-state index contributed by atoms with van der Waals surface area (Å²) < 4.78 is 34.5. The van der Waals surface area contributed by atoms with Crippen LogP contribution < -0.4 is 4.74 Å². The van der Waals surface area contributed by atoms with Gasteiger partial charge >= 0.3 is 6.09 Å². The summed E-state index contributed by atoms with van der Waals surface area (Å²) >= 11 is 0. The highest BCUT2D eigenvalue weighted by Crippen LogP contribution is 2.37. The molecule has 0 radical (unpaired) electrons. The highest BCUT2D eigenvalue weighted by Gasteiger charge is 2.47. The Morgan fingerprint density at radius 1 is 1.23 bits per heavy atom. The van der Waals surface area contributed by atoms with Crippen LogP contribution in [0.15, 0.2) is 41.8 Å². The van der Waals surface area contributed by atoms with Crippen molar-refractivity contribution in [3.63, 3.8) is 0 Å². The van der Waals surface area contributed by atoms with E-state index in [2.05, 4.69) is 4.98 Å². The first-order chi connectivity index (χ1) is 13.9. The lowest BCUT2D eigenvalue weighted by atomic mass is 9.90. The predicted molar refractivity (Wildman–Crippen MR) is 111 cm³/mol. The van der Waals surface area contributed by atoms with Crippen LogP contribution in [0, 0.1) is 0 Å². The van der Waals surface area contributed by atoms with Gasteiger partial charge in [-0.3, -0.25) is 4.90 Å². The number of rotatable bonds is 5. The van der Waals surface area contributed by atoms with Gasteiger partial charge in [-0.05, 0) is 38.5 Å². The third-order valence-corrected chi connectivity index (χ3v) is 7.06. The summed E-state index contributed by atoms with van der Waals surface area (Å²) in [6.07, 6.45) is 1.80. The molecule has 3 rings (SSSR count). The number of aromatic nitrogens is 2. The number of ether oxygens (including phenoxy) is 1. The monoisotopic (exact) mass is 436 g/mol. The largest absolute Gasteiger partial charge is 0.497 e. The normalized spacial score (nSPS) is 20.3. The molecule has 2 atom stereocenters. The number of nitrogens with zero attached hydrogens (tertiary/aromatic N) is 4. The number of hydrogen-bond acceptors (Lipinski definition) is 5. The molecular formula is C20H28N4O5S. The van der Waals surface area contributed by atoms with Crippen LogP contribution in [0.5, 0.6) is 5.75 Å². The molecule has 1 fully saturated rings. The molecule has 1 saturated heterocycles. The van der Waals surface area contributed by atoms with E-state index in [1.54, 1.807) is 30.9 Å². The van der Waals surface area contributed by atoms with Crippen molar-refractivity contribution >= 4 is 16.1 Å². The molecule has 1 aliphatic heterocycles. The second-order valence-electron chi connectivity index (χ2n) is 8.47. The van der Waals surface area contributed by atoms with Crippen LogP contribution in [0.4, 0.5) is 4.79 Å². The Balaban J connectivity index is 2.03. The molecule has 0 aliphatic carbocycles. The molecule has 0 bridgehead atoms. The van der Waals surface area contributed by atoms with Crippen LogP contribution in [0.2, 0.25) is 0 Å². The van der Waals surface area contributed by atoms with Crippen molar-refractivity contribution in [2.75, 3.05) is 20.2 Å². The predicted octanol–water partition coefficient (Wildman–Crippen LogP) is 2.36. The molecule has 0 spiro atoms. The van der Waals surface area contributed by atoms with E-state index in [1.165, 1.54) is 21.7 Å². The number of methoxy groups -OCH3 is 1. The van der Waals surface area contributed by atoms with Crippen molar-refractivity contribution in [3.05, 3.63) is 42.4 Å². The number of aryl methyl sites for hydroxylation is 1. The molecule has 1 aliphatic rings. The molecule has 2 unspecified atom stereocenters. The average molecular weight is 437 g/mol. The first-order valence-corrected chi connectivity index (χ1v) is 11.0. The summed E-state index contributed by atoms with van der Waals surface area (Å²) in [4.78, 5) is 17.5. The van der Waals surface area contributed by atoms with E-state index in [0.717, 1.165) is 5.56 Å². The molecule has 2 heterocycles. The van der Waals surface area contributed by atoms with Crippen LogP contribution in [0.3, 0.4) is 0 Å². The van der Waals surface area contributed by atoms with E-state index in [9.17, 15) is 18.3 Å². The summed E-state index contributed by atoms with van der Waals surface area (Å²) in [7, 11) is -0.583. The van der Waals surface area contributed by atoms with Crippen LogP contribution in [0.25, 0.3) is 0 Å². The lowest BCUT2D eigenvalue weighted by Crippen LogP contribution is -2.53. The summed E-state index contributed by atoms with van der Waals surface area (Å²) in [6, 6.07) is 6.76. The molecule has 9 nitrogen and oxygen atoms in total. The van der Waals surface area contributed by atoms with Crippen LogP contribution in [0.1, 0.15) is 32.3 Å². The van der Waals surface area contributed by atoms with Gasteiger partial charge in [0.05, 0.1) is 19.5 Å². The zero-order chi connectivity index (χ0) is 22.3. The van der Waals surface area contributed by atoms with E-state index in [-0.39, 0.29) is 24.0 Å². The van der Waals surface area contributed by atoms with Gasteiger partial charge in [0, 0.05) is 37.8 Å². The molecular weight excluding hydrogens is 408 g/mol. The zero-order valence-corrected chi connectivity index (χ0v) is 18.6. The van der Waals surface area contributed by atoms with E-state index in [1.807, 2.05) is 32.9 Å². The molecule has 30 heavy (non-hydrogen) atoms. The van der Waals surface area contributed by atoms with Crippen molar-refractivity contribution in [2.24, 2.45) is 7.05 Å². The fourth-order valence-corrected chi connectivity index (χ4v) is 5.42. The third kappa shape index (κ3) is 4.15. The standard InChI is InChI=1S/C20H28N4O5S/c1-20(2,3)24(19(25)26)17-11-23(30(27,28)18-12-22(4)13-21-18)10-16(17)14-6-8-15(29-5)9-7-14/h6-9,12-13,16-17H,10-11H2,1-5H3,(H,25,26). The molecule has 1 aromatic carbocycles. The molecule has 10 heteroatoms. The average Bonchev–Trinajstić information content (AvgIpc) is 3.28. The number of sulfonamides is 1. The number of carboxylic acid groups (broad SMARTS) is 1. The van der Waals surface area contributed by atoms with Gasteiger partial charge in [0.25, 0.3) is 10.0 Å². The first kappa shape index (κ1) is 22.1. The van der Waals surface area contributed by atoms with Crippen molar-refractivity contribution in [1.82, 2.24) is 18.8 Å². The molecule has 1 amide bonds. The Bertz CT molecular complexity index is 1010. The summed E-state index contributed by atoms with van der Waals surface area (Å²) in [6.45, 7) is 5.64. The highest BCUT2D eigenvalue weighted by molar-refractivity contribution is 7.89. The van der Waals surface area contributed by atoms with Crippen LogP contribution >= 0.6 is 0 Å². The molecule has 1 N–H and O–H groups in total. The van der Waals surface area contributed by atoms with E-state index in [4.69, 9.17) is 4.74 Å². The Morgan fingerprint density at radius 3 is 2.33 bits per heavy atom. The smallest absolute Gasteiger partial charge is 0.408 e. The molecule has 1 aromatic heterocycles. The van der Waals surface area contributed by atoms with Crippen molar-refractivity contribution in [2.45, 2.75) is 43.3 Å². The van der Waals surface area contributed by atoms with Crippen molar-refractivity contribution < 1.29 is 23.1 Å². The van der Waals surface area contributed by atoms with Gasteiger partial charge in [-0.1, -0.05) is 12.1 Å². The molecule has 0 saturated carbocycles. The molecule has 2 aromatic rings. The van der Waals surface area contributed by atoms with Crippen molar-refractivity contribution in [1.29, 1.82) is 0 Å². The second-order valence-corrected chi connectivity index (χ2v) is 10.4. The van der Waals surface area contributed by atoms with E-state index in [0.29, 0.717) is 5.75 Å². The second kappa shape index (κ2) is 7.92. The SMILES string of the molecule is COc1ccc(C2CN(S(=O)(=O)c3cn(C)cn3)CC2N(C(=O)O)C(C)(C)C)cc1. The van der Waals surface area contributed by atoms with Crippen LogP contribution in [-0.2, 0) is 17.1 Å². The van der Waals surface area contributed by atoms with Gasteiger partial charge in [-0.15, -0.1) is 0 Å². The Kier molecular flexibility index (Phi) is 5.83. The minimum Gasteiger partial charge on any atom is -0.497 e. The number of imidazole rings is 1. The van der Waals surface area contributed by atoms with E-state index < -0.39 is 27.7 Å². The maximum absolute atomic E-state index is 13.2. The summed E-state index contributed by atoms with van der Waals surface area (Å²) in [5.74, 6) is 0.349. The van der Waals surface area contributed by atoms with Gasteiger partial charge in [-0.25, -0.2) is 18.2 Å². The minimum atomic E-state index is -3.85. The summed E-state index contributed by atoms with van der Waals surface area (Å²) in [5.41, 5.74) is 0.154. The van der Waals surface area contributed by atoms with Gasteiger partial charge in [0.1, 0.15) is 5.75 Å². The highest BCUT2D eigenvalue weighted by atomic mass is 32.2. The first-order valence-electron chi connectivity index (χ1n) is 9.59. The fourth-order valence-electron chi connectivity index (χ4n) is 3.97. The quantitative estimate of drug-likeness (QED) is 0.772. The maximum Gasteiger partial charge on any atom is 0.408 e. The third-order valence-electron chi connectivity index (χ3n) is 5.35. The number of benzene rings is 1. The number of amides is 1. The minimum absolute atomic E-state index is 0.0447. The maximum atomic E-state index is 13.2. The zero-order valence-electron chi connectivity index (χ0n) is 17.8. The van der Waals surface area contributed by atoms with Gasteiger partial charge in [0.2, 0.25) is 0 Å². The van der Waals surface area contributed by atoms with Crippen molar-refractivity contribution in [3.8, 4) is 5.75 Å². The fraction of sp³-hybridized carbons (Fsp3) is 0.500. The number of carbonyl (C=O) groups is 1. The molecule has 164 valence electrons. The Hall–Kier alpha value is -2.59. The van der Waals surface area contributed by atoms with Gasteiger partial charge < -0.3 is 14.4 Å². The lowest BCUT2D eigenvalue weighted by Gasteiger charge is -2.40. The number of hydrogen-bond donors (Lipinski definition) is 1. The Morgan fingerprint density at radius 2 is 1.87 bits per heavy atom. The van der Waals surface area contributed by atoms with Gasteiger partial charge in [-0.2, -0.15) is 4.31 Å². The van der Waals surface area contributed by atoms with Gasteiger partial charge in [0.15, 0.2) is 5.03 Å².